The molecule has 1 aromatic heterocycles. The van der Waals surface area contributed by atoms with E-state index < -0.39 is 0 Å². The van der Waals surface area contributed by atoms with Gasteiger partial charge < -0.3 is 0 Å². The first-order valence-electron chi connectivity index (χ1n) is 5.93. The SMILES string of the molecule is Cc1cc(Br)[n+](-c2ccccc2)c2ccccc12. The molecule has 0 aliphatic carbocycles. The van der Waals surface area contributed by atoms with Crippen LogP contribution in [-0.2, 0) is 0 Å². The number of fused-ring (bicyclic) bond motifs is 1. The molecular formula is C16H13BrN+. The summed E-state index contributed by atoms with van der Waals surface area (Å²) < 4.78 is 3.30. The molecule has 0 saturated carbocycles. The second-order valence-corrected chi connectivity index (χ2v) is 5.15. The highest BCUT2D eigenvalue weighted by Gasteiger charge is 2.17. The summed E-state index contributed by atoms with van der Waals surface area (Å²) in [6.45, 7) is 2.14. The van der Waals surface area contributed by atoms with E-state index in [9.17, 15) is 0 Å². The van der Waals surface area contributed by atoms with Crippen LogP contribution in [0.15, 0.2) is 65.3 Å². The molecule has 0 fully saturated rings. The van der Waals surface area contributed by atoms with Crippen molar-refractivity contribution in [2.75, 3.05) is 0 Å². The zero-order valence-electron chi connectivity index (χ0n) is 10.1. The number of benzene rings is 2. The summed E-state index contributed by atoms with van der Waals surface area (Å²) in [5, 5.41) is 1.28. The van der Waals surface area contributed by atoms with Crippen molar-refractivity contribution in [1.82, 2.24) is 0 Å². The Hall–Kier alpha value is -1.67. The molecule has 0 radical (unpaired) electrons. The third kappa shape index (κ3) is 1.83. The van der Waals surface area contributed by atoms with Crippen molar-refractivity contribution in [1.29, 1.82) is 0 Å². The van der Waals surface area contributed by atoms with Crippen LogP contribution in [0.4, 0.5) is 0 Å². The normalized spacial score (nSPS) is 10.8. The number of nitrogens with zero attached hydrogens (tertiary/aromatic N) is 1. The summed E-state index contributed by atoms with van der Waals surface area (Å²) >= 11 is 3.67. The van der Waals surface area contributed by atoms with Crippen molar-refractivity contribution in [3.8, 4) is 5.69 Å². The molecule has 0 aliphatic heterocycles. The number of halogens is 1. The van der Waals surface area contributed by atoms with Gasteiger partial charge in [-0.15, -0.1) is 4.57 Å². The van der Waals surface area contributed by atoms with Gasteiger partial charge in [-0.1, -0.05) is 30.3 Å². The Labute approximate surface area is 115 Å². The molecule has 0 bridgehead atoms. The van der Waals surface area contributed by atoms with Crippen LogP contribution < -0.4 is 4.57 Å². The molecule has 18 heavy (non-hydrogen) atoms. The minimum atomic E-state index is 1.07. The van der Waals surface area contributed by atoms with E-state index in [1.807, 2.05) is 6.07 Å². The second-order valence-electron chi connectivity index (χ2n) is 4.34. The summed E-state index contributed by atoms with van der Waals surface area (Å²) in [4.78, 5) is 0. The Morgan fingerprint density at radius 3 is 2.33 bits per heavy atom. The van der Waals surface area contributed by atoms with Crippen LogP contribution in [0.1, 0.15) is 5.56 Å². The Kier molecular flexibility index (Phi) is 2.88. The van der Waals surface area contributed by atoms with Crippen molar-refractivity contribution < 1.29 is 4.57 Å². The lowest BCUT2D eigenvalue weighted by molar-refractivity contribution is -0.579. The van der Waals surface area contributed by atoms with Gasteiger partial charge in [-0.3, -0.25) is 0 Å². The smallest absolute Gasteiger partial charge is 0.147 e. The number of hydrogen-bond donors (Lipinski definition) is 0. The van der Waals surface area contributed by atoms with E-state index in [0.29, 0.717) is 0 Å². The van der Waals surface area contributed by atoms with Gasteiger partial charge in [-0.25, -0.2) is 0 Å². The van der Waals surface area contributed by atoms with Crippen LogP contribution in [-0.4, -0.2) is 0 Å². The molecule has 0 aliphatic rings. The van der Waals surface area contributed by atoms with E-state index in [1.165, 1.54) is 22.2 Å². The van der Waals surface area contributed by atoms with Crippen LogP contribution in [0.25, 0.3) is 16.6 Å². The van der Waals surface area contributed by atoms with Gasteiger partial charge in [-0.2, -0.15) is 0 Å². The minimum Gasteiger partial charge on any atom is -0.147 e. The van der Waals surface area contributed by atoms with E-state index in [4.69, 9.17) is 0 Å². The quantitative estimate of drug-likeness (QED) is 0.468. The van der Waals surface area contributed by atoms with Crippen molar-refractivity contribution in [2.45, 2.75) is 6.92 Å². The summed E-state index contributed by atoms with van der Waals surface area (Å²) in [6, 6.07) is 21.0. The van der Waals surface area contributed by atoms with Crippen LogP contribution in [0.5, 0.6) is 0 Å². The fraction of sp³-hybridized carbons (Fsp3) is 0.0625. The molecule has 0 N–H and O–H groups in total. The van der Waals surface area contributed by atoms with Crippen LogP contribution in [0.2, 0.25) is 0 Å². The first-order valence-corrected chi connectivity index (χ1v) is 6.72. The first kappa shape index (κ1) is 11.4. The van der Waals surface area contributed by atoms with E-state index in [0.717, 1.165) is 4.60 Å². The Morgan fingerprint density at radius 2 is 1.56 bits per heavy atom. The number of para-hydroxylation sites is 2. The summed E-state index contributed by atoms with van der Waals surface area (Å²) in [6.07, 6.45) is 0. The highest BCUT2D eigenvalue weighted by Crippen LogP contribution is 2.20. The highest BCUT2D eigenvalue weighted by molar-refractivity contribution is 9.10. The topological polar surface area (TPSA) is 3.88 Å². The molecule has 0 amide bonds. The highest BCUT2D eigenvalue weighted by atomic mass is 79.9. The lowest BCUT2D eigenvalue weighted by Gasteiger charge is -2.05. The number of pyridine rings is 1. The predicted octanol–water partition coefficient (Wildman–Crippen LogP) is 4.19. The molecule has 3 rings (SSSR count). The lowest BCUT2D eigenvalue weighted by Crippen LogP contribution is -2.33. The molecule has 1 nitrogen and oxygen atoms in total. The molecule has 88 valence electrons. The first-order chi connectivity index (χ1) is 8.77. The Balaban J connectivity index is 2.42. The fourth-order valence-electron chi connectivity index (χ4n) is 2.28. The summed E-state index contributed by atoms with van der Waals surface area (Å²) in [5.74, 6) is 0. The third-order valence-electron chi connectivity index (χ3n) is 3.13. The summed E-state index contributed by atoms with van der Waals surface area (Å²) in [7, 11) is 0. The number of rotatable bonds is 1. The minimum absolute atomic E-state index is 1.07. The molecule has 2 aromatic carbocycles. The van der Waals surface area contributed by atoms with Crippen molar-refractivity contribution >= 4 is 26.8 Å². The third-order valence-corrected chi connectivity index (χ3v) is 3.72. The molecule has 0 spiro atoms. The number of aromatic nitrogens is 1. The van der Waals surface area contributed by atoms with E-state index in [1.54, 1.807) is 0 Å². The van der Waals surface area contributed by atoms with Gasteiger partial charge in [-0.05, 0) is 18.6 Å². The van der Waals surface area contributed by atoms with Crippen LogP contribution in [0, 0.1) is 6.92 Å². The zero-order valence-corrected chi connectivity index (χ0v) is 11.7. The molecule has 1 heterocycles. The van der Waals surface area contributed by atoms with Gasteiger partial charge in [0.05, 0.1) is 0 Å². The molecule has 0 atom stereocenters. The zero-order chi connectivity index (χ0) is 12.5. The van der Waals surface area contributed by atoms with E-state index in [-0.39, 0.29) is 0 Å². The van der Waals surface area contributed by atoms with Gasteiger partial charge in [0, 0.05) is 45.6 Å². The van der Waals surface area contributed by atoms with E-state index in [2.05, 4.69) is 82.0 Å². The standard InChI is InChI=1S/C16H13BrN/c1-12-11-16(17)18(13-7-3-2-4-8-13)15-10-6-5-9-14(12)15/h2-11H,1H3/q+1. The van der Waals surface area contributed by atoms with Gasteiger partial charge in [0.2, 0.25) is 11.2 Å². The predicted molar refractivity (Wildman–Crippen MR) is 77.9 cm³/mol. The largest absolute Gasteiger partial charge is 0.254 e. The maximum atomic E-state index is 3.67. The van der Waals surface area contributed by atoms with Gasteiger partial charge >= 0.3 is 0 Å². The van der Waals surface area contributed by atoms with Gasteiger partial charge in [0.1, 0.15) is 0 Å². The van der Waals surface area contributed by atoms with Gasteiger partial charge in [0.25, 0.3) is 4.60 Å². The Morgan fingerprint density at radius 1 is 0.889 bits per heavy atom. The van der Waals surface area contributed by atoms with Crippen LogP contribution in [0.3, 0.4) is 0 Å². The van der Waals surface area contributed by atoms with Crippen LogP contribution >= 0.6 is 15.9 Å². The maximum Gasteiger partial charge on any atom is 0.254 e. The number of hydrogen-bond acceptors (Lipinski definition) is 0. The average Bonchev–Trinajstić information content (AvgIpc) is 2.40. The van der Waals surface area contributed by atoms with Crippen molar-refractivity contribution in [2.24, 2.45) is 0 Å². The van der Waals surface area contributed by atoms with Crippen molar-refractivity contribution in [3.05, 3.63) is 70.8 Å². The molecule has 2 heteroatoms. The molecule has 0 unspecified atom stereocenters. The van der Waals surface area contributed by atoms with Crippen molar-refractivity contribution in [3.63, 3.8) is 0 Å². The molecule has 0 saturated heterocycles. The van der Waals surface area contributed by atoms with E-state index >= 15 is 0 Å². The molecule has 3 aromatic rings. The lowest BCUT2D eigenvalue weighted by atomic mass is 10.1. The fourth-order valence-corrected chi connectivity index (χ4v) is 3.02. The Bertz CT molecular complexity index is 705. The second kappa shape index (κ2) is 4.54. The maximum absolute atomic E-state index is 3.67. The van der Waals surface area contributed by atoms with Gasteiger partial charge in [0.15, 0.2) is 0 Å². The number of aryl methyl sites for hydroxylation is 1. The average molecular weight is 299 g/mol. The summed E-state index contributed by atoms with van der Waals surface area (Å²) in [5.41, 5.74) is 3.67. The monoisotopic (exact) mass is 298 g/mol. The molecular weight excluding hydrogens is 286 g/mol.